The first-order valence-corrected chi connectivity index (χ1v) is 9.08. The largest absolute Gasteiger partial charge is 0.462 e. The van der Waals surface area contributed by atoms with E-state index in [1.54, 1.807) is 6.92 Å². The fraction of sp³-hybridized carbons (Fsp3) is 0.429. The summed E-state index contributed by atoms with van der Waals surface area (Å²) in [6.45, 7) is 6.60. The monoisotopic (exact) mass is 356 g/mol. The van der Waals surface area contributed by atoms with Gasteiger partial charge in [0.25, 0.3) is 0 Å². The average molecular weight is 356 g/mol. The third-order valence-electron chi connectivity index (χ3n) is 4.72. The summed E-state index contributed by atoms with van der Waals surface area (Å²) < 4.78 is 7.13. The molecule has 0 unspecified atom stereocenters. The van der Waals surface area contributed by atoms with Crippen LogP contribution in [0.25, 0.3) is 0 Å². The Hall–Kier alpha value is -2.56. The number of esters is 1. The summed E-state index contributed by atoms with van der Waals surface area (Å²) in [5, 5.41) is 2.96. The maximum absolute atomic E-state index is 12.2. The SMILES string of the molecule is CCOC(=O)c1c(C)c(CCC(=O)NCCc2ccccc2)n(C)c1C. The van der Waals surface area contributed by atoms with Crippen molar-refractivity contribution in [3.8, 4) is 0 Å². The standard InChI is InChI=1S/C21H28N2O3/c1-5-26-21(25)20-15(2)18(23(4)16(20)3)11-12-19(24)22-14-13-17-9-7-6-8-10-17/h6-10H,5,11-14H2,1-4H3,(H,22,24). The molecule has 1 heterocycles. The predicted molar refractivity (Wildman–Crippen MR) is 102 cm³/mol. The van der Waals surface area contributed by atoms with Gasteiger partial charge in [-0.15, -0.1) is 0 Å². The third kappa shape index (κ3) is 4.75. The van der Waals surface area contributed by atoms with Crippen molar-refractivity contribution < 1.29 is 14.3 Å². The van der Waals surface area contributed by atoms with E-state index < -0.39 is 0 Å². The molecule has 1 N–H and O–H groups in total. The van der Waals surface area contributed by atoms with E-state index in [4.69, 9.17) is 4.74 Å². The van der Waals surface area contributed by atoms with Crippen LogP contribution in [-0.4, -0.2) is 29.6 Å². The van der Waals surface area contributed by atoms with E-state index in [1.165, 1.54) is 5.56 Å². The van der Waals surface area contributed by atoms with Crippen LogP contribution in [0.4, 0.5) is 0 Å². The van der Waals surface area contributed by atoms with Crippen molar-refractivity contribution in [2.75, 3.05) is 13.2 Å². The lowest BCUT2D eigenvalue weighted by Crippen LogP contribution is -2.26. The third-order valence-corrected chi connectivity index (χ3v) is 4.72. The predicted octanol–water partition coefficient (Wildman–Crippen LogP) is 3.11. The molecule has 5 heteroatoms. The Balaban J connectivity index is 1.91. The van der Waals surface area contributed by atoms with E-state index >= 15 is 0 Å². The number of hydrogen-bond donors (Lipinski definition) is 1. The summed E-state index contributed by atoms with van der Waals surface area (Å²) >= 11 is 0. The minimum Gasteiger partial charge on any atom is -0.462 e. The van der Waals surface area contributed by atoms with E-state index in [9.17, 15) is 9.59 Å². The maximum atomic E-state index is 12.2. The van der Waals surface area contributed by atoms with Gasteiger partial charge in [-0.1, -0.05) is 30.3 Å². The molecule has 0 saturated carbocycles. The fourth-order valence-electron chi connectivity index (χ4n) is 3.21. The highest BCUT2D eigenvalue weighted by Crippen LogP contribution is 2.23. The minimum absolute atomic E-state index is 0.0249. The zero-order valence-electron chi connectivity index (χ0n) is 16.1. The number of aromatic nitrogens is 1. The van der Waals surface area contributed by atoms with Crippen LogP contribution in [0, 0.1) is 13.8 Å². The molecule has 0 fully saturated rings. The lowest BCUT2D eigenvalue weighted by atomic mass is 10.1. The van der Waals surface area contributed by atoms with Gasteiger partial charge in [-0.3, -0.25) is 4.79 Å². The summed E-state index contributed by atoms with van der Waals surface area (Å²) in [6, 6.07) is 10.1. The molecule has 5 nitrogen and oxygen atoms in total. The Morgan fingerprint density at radius 2 is 1.81 bits per heavy atom. The lowest BCUT2D eigenvalue weighted by molar-refractivity contribution is -0.121. The molecule has 0 radical (unpaired) electrons. The maximum Gasteiger partial charge on any atom is 0.340 e. The molecule has 1 aromatic carbocycles. The van der Waals surface area contributed by atoms with Crippen LogP contribution in [0.5, 0.6) is 0 Å². The van der Waals surface area contributed by atoms with Crippen molar-refractivity contribution in [1.29, 1.82) is 0 Å². The number of amides is 1. The van der Waals surface area contributed by atoms with Crippen molar-refractivity contribution in [2.45, 2.75) is 40.0 Å². The van der Waals surface area contributed by atoms with Gasteiger partial charge in [0.1, 0.15) is 0 Å². The van der Waals surface area contributed by atoms with Crippen LogP contribution in [0.3, 0.4) is 0 Å². The van der Waals surface area contributed by atoms with E-state index in [0.717, 1.165) is 23.4 Å². The Labute approximate surface area is 155 Å². The molecule has 0 aliphatic carbocycles. The normalized spacial score (nSPS) is 10.6. The van der Waals surface area contributed by atoms with E-state index in [1.807, 2.05) is 43.7 Å². The number of hydrogen-bond acceptors (Lipinski definition) is 3. The molecule has 2 rings (SSSR count). The Bertz CT molecular complexity index is 763. The second-order valence-electron chi connectivity index (χ2n) is 6.40. The number of nitrogens with one attached hydrogen (secondary N) is 1. The number of carbonyl (C=O) groups excluding carboxylic acids is 2. The van der Waals surface area contributed by atoms with Crippen molar-refractivity contribution >= 4 is 11.9 Å². The molecule has 0 atom stereocenters. The zero-order chi connectivity index (χ0) is 19.1. The molecule has 0 bridgehead atoms. The van der Waals surface area contributed by atoms with Gasteiger partial charge in [0.15, 0.2) is 0 Å². The first-order valence-electron chi connectivity index (χ1n) is 9.08. The van der Waals surface area contributed by atoms with Crippen LogP contribution in [0.15, 0.2) is 30.3 Å². The molecule has 140 valence electrons. The highest BCUT2D eigenvalue weighted by molar-refractivity contribution is 5.93. The number of rotatable bonds is 8. The molecule has 1 aromatic heterocycles. The molecule has 2 aromatic rings. The molecular weight excluding hydrogens is 328 g/mol. The molecule has 0 aliphatic rings. The topological polar surface area (TPSA) is 60.3 Å². The van der Waals surface area contributed by atoms with Crippen molar-refractivity contribution in [3.05, 3.63) is 58.4 Å². The second kappa shape index (κ2) is 9.22. The summed E-state index contributed by atoms with van der Waals surface area (Å²) in [4.78, 5) is 24.3. The van der Waals surface area contributed by atoms with Gasteiger partial charge in [-0.25, -0.2) is 4.79 Å². The van der Waals surface area contributed by atoms with Gasteiger partial charge in [-0.05, 0) is 44.7 Å². The first-order chi connectivity index (χ1) is 12.5. The summed E-state index contributed by atoms with van der Waals surface area (Å²) in [5.41, 5.74) is 4.61. The number of nitrogens with zero attached hydrogens (tertiary/aromatic N) is 1. The van der Waals surface area contributed by atoms with Gasteiger partial charge in [0.2, 0.25) is 5.91 Å². The van der Waals surface area contributed by atoms with Crippen LogP contribution < -0.4 is 5.32 Å². The number of ether oxygens (including phenoxy) is 1. The fourth-order valence-corrected chi connectivity index (χ4v) is 3.21. The number of benzene rings is 1. The van der Waals surface area contributed by atoms with Gasteiger partial charge in [0.05, 0.1) is 12.2 Å². The smallest absolute Gasteiger partial charge is 0.340 e. The molecule has 0 spiro atoms. The van der Waals surface area contributed by atoms with E-state index in [-0.39, 0.29) is 11.9 Å². The Kier molecular flexibility index (Phi) is 7.01. The summed E-state index contributed by atoms with van der Waals surface area (Å²) in [6.07, 6.45) is 1.82. The van der Waals surface area contributed by atoms with Crippen LogP contribution in [0.1, 0.15) is 46.2 Å². The molecule has 0 aliphatic heterocycles. The summed E-state index contributed by atoms with van der Waals surface area (Å²) in [7, 11) is 1.92. The highest BCUT2D eigenvalue weighted by Gasteiger charge is 2.22. The van der Waals surface area contributed by atoms with E-state index in [0.29, 0.717) is 31.6 Å². The van der Waals surface area contributed by atoms with Gasteiger partial charge in [0, 0.05) is 31.4 Å². The van der Waals surface area contributed by atoms with Crippen molar-refractivity contribution in [2.24, 2.45) is 7.05 Å². The van der Waals surface area contributed by atoms with Crippen LogP contribution in [0.2, 0.25) is 0 Å². The highest BCUT2D eigenvalue weighted by atomic mass is 16.5. The van der Waals surface area contributed by atoms with Gasteiger partial charge >= 0.3 is 5.97 Å². The van der Waals surface area contributed by atoms with Crippen molar-refractivity contribution in [3.63, 3.8) is 0 Å². The van der Waals surface area contributed by atoms with Crippen LogP contribution in [-0.2, 0) is 29.4 Å². The van der Waals surface area contributed by atoms with Crippen molar-refractivity contribution in [1.82, 2.24) is 9.88 Å². The molecule has 26 heavy (non-hydrogen) atoms. The zero-order valence-corrected chi connectivity index (χ0v) is 16.1. The Morgan fingerprint density at radius 3 is 2.46 bits per heavy atom. The number of carbonyl (C=O) groups is 2. The second-order valence-corrected chi connectivity index (χ2v) is 6.40. The minimum atomic E-state index is -0.295. The lowest BCUT2D eigenvalue weighted by Gasteiger charge is -2.08. The average Bonchev–Trinajstić information content (AvgIpc) is 2.83. The van der Waals surface area contributed by atoms with Gasteiger partial charge in [-0.2, -0.15) is 0 Å². The quantitative estimate of drug-likeness (QED) is 0.739. The summed E-state index contributed by atoms with van der Waals surface area (Å²) in [5.74, 6) is -0.270. The van der Waals surface area contributed by atoms with Crippen LogP contribution >= 0.6 is 0 Å². The molecular formula is C21H28N2O3. The molecule has 1 amide bonds. The van der Waals surface area contributed by atoms with E-state index in [2.05, 4.69) is 17.4 Å². The molecule has 0 saturated heterocycles. The first kappa shape index (κ1) is 19.8. The van der Waals surface area contributed by atoms with Gasteiger partial charge < -0.3 is 14.6 Å². The Morgan fingerprint density at radius 1 is 1.12 bits per heavy atom.